The quantitative estimate of drug-likeness (QED) is 0.481. The van der Waals surface area contributed by atoms with Gasteiger partial charge in [-0.2, -0.15) is 0 Å². The minimum Gasteiger partial charge on any atom is -0.484 e. The van der Waals surface area contributed by atoms with Gasteiger partial charge in [-0.1, -0.05) is 13.8 Å². The number of carbonyl (C=O) groups excluding carboxylic acids is 2. The molecule has 8 atom stereocenters. The van der Waals surface area contributed by atoms with Gasteiger partial charge < -0.3 is 28.8 Å². The van der Waals surface area contributed by atoms with E-state index in [4.69, 9.17) is 18.6 Å². The Labute approximate surface area is 249 Å². The first kappa shape index (κ1) is 28.5. The van der Waals surface area contributed by atoms with Crippen molar-refractivity contribution in [2.45, 2.75) is 89.6 Å². The molecule has 43 heavy (non-hydrogen) atoms. The number of hydrogen-bond acceptors (Lipinski definition) is 9. The van der Waals surface area contributed by atoms with Crippen molar-refractivity contribution in [2.75, 3.05) is 6.61 Å². The average Bonchev–Trinajstić information content (AvgIpc) is 3.88. The molecule has 0 spiro atoms. The molecule has 4 saturated carbocycles. The maximum Gasteiger partial charge on any atom is 0.345 e. The van der Waals surface area contributed by atoms with Gasteiger partial charge in [0, 0.05) is 23.5 Å². The molecule has 10 nitrogen and oxygen atoms in total. The number of aliphatic hydroxyl groups is 2. The number of rotatable bonds is 6. The number of aliphatic hydroxyl groups excluding tert-OH is 2. The van der Waals surface area contributed by atoms with Crippen molar-refractivity contribution >= 4 is 11.9 Å². The predicted octanol–water partition coefficient (Wildman–Crippen LogP) is 3.38. The smallest absolute Gasteiger partial charge is 0.345 e. The molecule has 4 fully saturated rings. The number of aromatic nitrogens is 1. The van der Waals surface area contributed by atoms with E-state index < -0.39 is 46.3 Å². The Balaban J connectivity index is 1.27. The van der Waals surface area contributed by atoms with E-state index in [9.17, 15) is 24.6 Å². The van der Waals surface area contributed by atoms with Crippen LogP contribution in [-0.2, 0) is 19.1 Å². The molecule has 230 valence electrons. The predicted molar refractivity (Wildman–Crippen MR) is 150 cm³/mol. The molecule has 4 aliphatic carbocycles. The van der Waals surface area contributed by atoms with Crippen LogP contribution in [0.5, 0.6) is 5.75 Å². The highest BCUT2D eigenvalue weighted by Gasteiger charge is 2.70. The second-order valence-corrected chi connectivity index (χ2v) is 14.1. The van der Waals surface area contributed by atoms with E-state index in [2.05, 4.69) is 11.9 Å². The van der Waals surface area contributed by atoms with Crippen LogP contribution >= 0.6 is 0 Å². The van der Waals surface area contributed by atoms with Gasteiger partial charge >= 0.3 is 17.6 Å². The summed E-state index contributed by atoms with van der Waals surface area (Å²) in [4.78, 5) is 41.9. The summed E-state index contributed by atoms with van der Waals surface area (Å²) >= 11 is 0. The van der Waals surface area contributed by atoms with Gasteiger partial charge in [0.05, 0.1) is 29.6 Å². The molecule has 3 heterocycles. The zero-order chi connectivity index (χ0) is 30.3. The number of nitrogens with one attached hydrogen (secondary N) is 1. The van der Waals surface area contributed by atoms with Crippen LogP contribution in [0.25, 0.3) is 11.3 Å². The molecule has 5 aliphatic rings. The number of esters is 2. The first-order chi connectivity index (χ1) is 20.5. The average molecular weight is 595 g/mol. The fourth-order valence-electron chi connectivity index (χ4n) is 8.49. The van der Waals surface area contributed by atoms with E-state index in [1.807, 2.05) is 6.92 Å². The first-order valence-electron chi connectivity index (χ1n) is 15.5. The van der Waals surface area contributed by atoms with Gasteiger partial charge in [0.25, 0.3) is 0 Å². The van der Waals surface area contributed by atoms with Crippen molar-refractivity contribution in [3.05, 3.63) is 46.6 Å². The van der Waals surface area contributed by atoms with Crippen molar-refractivity contribution in [3.63, 3.8) is 0 Å². The van der Waals surface area contributed by atoms with Crippen molar-refractivity contribution in [1.82, 2.24) is 0 Å². The lowest BCUT2D eigenvalue weighted by Gasteiger charge is -2.66. The van der Waals surface area contributed by atoms with E-state index in [1.165, 1.54) is 0 Å². The molecule has 0 bridgehead atoms. The van der Waals surface area contributed by atoms with E-state index in [1.54, 1.807) is 37.5 Å². The van der Waals surface area contributed by atoms with E-state index in [0.29, 0.717) is 18.4 Å². The van der Waals surface area contributed by atoms with E-state index in [0.717, 1.165) is 25.7 Å². The monoisotopic (exact) mass is 594 g/mol. The number of fused-ring (bicyclic) bond motifs is 4. The Kier molecular flexibility index (Phi) is 6.56. The third-order valence-electron chi connectivity index (χ3n) is 11.2. The van der Waals surface area contributed by atoms with Gasteiger partial charge in [0.2, 0.25) is 0 Å². The summed E-state index contributed by atoms with van der Waals surface area (Å²) in [6, 6.07) is 5.17. The number of H-pyrrole nitrogens is 1. The molecular formula is C33H40NO9+. The van der Waals surface area contributed by atoms with Gasteiger partial charge in [-0.05, 0) is 69.3 Å². The van der Waals surface area contributed by atoms with Crippen LogP contribution in [0.4, 0.5) is 0 Å². The lowest BCUT2D eigenvalue weighted by Crippen LogP contribution is -2.71. The van der Waals surface area contributed by atoms with Gasteiger partial charge in [-0.25, -0.2) is 9.78 Å². The highest BCUT2D eigenvalue weighted by atomic mass is 16.6. The molecular weight excluding hydrogens is 554 g/mol. The molecule has 3 N–H and O–H groups in total. The minimum absolute atomic E-state index is 0.0318. The third-order valence-corrected chi connectivity index (χ3v) is 11.2. The highest BCUT2D eigenvalue weighted by molar-refractivity contribution is 5.75. The SMILES string of the molecule is C[C@]1(COC(=O)C2CC2)[C@@H]2C[C@H](O)[C@@]3(C)Oc4cc(-c5ccc[nH+]c5)oc(=O)c4[C@H](O)[C@@H]3[C@@]2(C)CC[C@@H]1OC(=O)C1CC1. The third kappa shape index (κ3) is 4.51. The van der Waals surface area contributed by atoms with Crippen LogP contribution in [0, 0.1) is 34.5 Å². The number of pyridine rings is 1. The van der Waals surface area contributed by atoms with Crippen LogP contribution in [0.15, 0.2) is 39.8 Å². The lowest BCUT2D eigenvalue weighted by atomic mass is 9.42. The van der Waals surface area contributed by atoms with Gasteiger partial charge in [0.1, 0.15) is 35.4 Å². The first-order valence-corrected chi connectivity index (χ1v) is 15.5. The lowest BCUT2D eigenvalue weighted by molar-refractivity contribution is -0.377. The topological polar surface area (TPSA) is 147 Å². The Hall–Kier alpha value is -3.24. The zero-order valence-corrected chi connectivity index (χ0v) is 24.8. The fourth-order valence-corrected chi connectivity index (χ4v) is 8.49. The second-order valence-electron chi connectivity index (χ2n) is 14.1. The van der Waals surface area contributed by atoms with Crippen molar-refractivity contribution in [2.24, 2.45) is 34.5 Å². The number of hydrogen-bond donors (Lipinski definition) is 2. The Morgan fingerprint density at radius 1 is 1.07 bits per heavy atom. The van der Waals surface area contributed by atoms with Gasteiger partial charge in [-0.15, -0.1) is 0 Å². The molecule has 0 aromatic carbocycles. The van der Waals surface area contributed by atoms with E-state index in [-0.39, 0.29) is 59.8 Å². The van der Waals surface area contributed by atoms with Gasteiger partial charge in [0.15, 0.2) is 12.4 Å². The summed E-state index contributed by atoms with van der Waals surface area (Å²) in [7, 11) is 0. The summed E-state index contributed by atoms with van der Waals surface area (Å²) in [6.07, 6.45) is 5.17. The molecule has 2 aromatic rings. The summed E-state index contributed by atoms with van der Waals surface area (Å²) in [5, 5.41) is 23.9. The number of aromatic amines is 1. The minimum atomic E-state index is -1.28. The molecule has 0 saturated heterocycles. The normalized spacial score (nSPS) is 38.1. The zero-order valence-electron chi connectivity index (χ0n) is 24.8. The van der Waals surface area contributed by atoms with Crippen molar-refractivity contribution in [3.8, 4) is 17.1 Å². The summed E-state index contributed by atoms with van der Waals surface area (Å²) in [5.74, 6) is -1.20. The second kappa shape index (κ2) is 9.89. The molecule has 0 amide bonds. The Morgan fingerprint density at radius 2 is 1.79 bits per heavy atom. The number of ether oxygens (including phenoxy) is 3. The summed E-state index contributed by atoms with van der Waals surface area (Å²) in [6.45, 7) is 5.86. The Bertz CT molecular complexity index is 1500. The maximum atomic E-state index is 13.4. The molecule has 0 unspecified atom stereocenters. The Morgan fingerprint density at radius 3 is 2.47 bits per heavy atom. The van der Waals surface area contributed by atoms with Crippen LogP contribution in [-0.4, -0.2) is 46.6 Å². The standard InChI is InChI=1S/C33H39NO9/c1-31-11-10-24(42-29(38)18-8-9-18)32(2,16-40-28(37)17-6-7-17)22(31)14-23(35)33(3)27(31)26(36)25-21(43-33)13-20(41-30(25)39)19-5-4-12-34-15-19/h4-5,12-13,15,17-18,22-24,26-27,35-36H,6-11,14,16H2,1-3H3/p+1/t22-,23+,24+,26+,27-,31+,32+,33-/m1/s1. The van der Waals surface area contributed by atoms with Crippen LogP contribution in [0.3, 0.4) is 0 Å². The van der Waals surface area contributed by atoms with Crippen molar-refractivity contribution < 1.29 is 43.4 Å². The molecule has 2 aromatic heterocycles. The van der Waals surface area contributed by atoms with Crippen molar-refractivity contribution in [1.29, 1.82) is 0 Å². The molecule has 1 aliphatic heterocycles. The largest absolute Gasteiger partial charge is 0.484 e. The maximum absolute atomic E-state index is 13.4. The van der Waals surface area contributed by atoms with Crippen LogP contribution in [0.1, 0.15) is 77.4 Å². The van der Waals surface area contributed by atoms with Crippen LogP contribution in [0.2, 0.25) is 0 Å². The van der Waals surface area contributed by atoms with E-state index >= 15 is 0 Å². The highest BCUT2D eigenvalue weighted by Crippen LogP contribution is 2.67. The summed E-state index contributed by atoms with van der Waals surface area (Å²) < 4.78 is 24.2. The molecule has 10 heteroatoms. The summed E-state index contributed by atoms with van der Waals surface area (Å²) in [5.41, 5.74) is -2.76. The van der Waals surface area contributed by atoms with Gasteiger partial charge in [-0.3, -0.25) is 9.59 Å². The number of carbonyl (C=O) groups is 2. The van der Waals surface area contributed by atoms with Crippen LogP contribution < -0.4 is 15.3 Å². The fraction of sp³-hybridized carbons (Fsp3) is 0.636. The molecule has 7 rings (SSSR count). The molecule has 0 radical (unpaired) electrons.